The van der Waals surface area contributed by atoms with Crippen molar-refractivity contribution in [3.8, 4) is 40.4 Å². The molecular weight excluding hydrogens is 340 g/mol. The lowest BCUT2D eigenvalue weighted by Gasteiger charge is -2.05. The van der Waals surface area contributed by atoms with E-state index >= 15 is 0 Å². The predicted octanol–water partition coefficient (Wildman–Crippen LogP) is 3.51. The van der Waals surface area contributed by atoms with Gasteiger partial charge in [0, 0.05) is 11.1 Å². The van der Waals surface area contributed by atoms with Gasteiger partial charge in [0.05, 0.1) is 24.4 Å². The molecule has 4 aromatic rings. The first-order valence-electron chi connectivity index (χ1n) is 8.22. The summed E-state index contributed by atoms with van der Waals surface area (Å²) < 4.78 is 5.74. The van der Waals surface area contributed by atoms with Gasteiger partial charge in [-0.25, -0.2) is 9.97 Å². The topological polar surface area (TPSA) is 115 Å². The van der Waals surface area contributed by atoms with E-state index in [1.165, 1.54) is 0 Å². The molecule has 7 nitrogen and oxygen atoms in total. The van der Waals surface area contributed by atoms with Crippen LogP contribution in [0.5, 0.6) is 0 Å². The number of hydrogen-bond acceptors (Lipinski definition) is 7. The highest BCUT2D eigenvalue weighted by atomic mass is 16.4. The van der Waals surface area contributed by atoms with E-state index in [1.54, 1.807) is 6.20 Å². The number of nitrogen functional groups attached to an aromatic ring is 1. The summed E-state index contributed by atoms with van der Waals surface area (Å²) in [7, 11) is 0. The zero-order chi connectivity index (χ0) is 18.6. The van der Waals surface area contributed by atoms with Crippen LogP contribution in [0.25, 0.3) is 34.3 Å². The van der Waals surface area contributed by atoms with Crippen molar-refractivity contribution in [2.75, 3.05) is 5.73 Å². The van der Waals surface area contributed by atoms with E-state index in [9.17, 15) is 0 Å². The third-order valence-corrected chi connectivity index (χ3v) is 3.96. The maximum atomic E-state index is 8.88. The van der Waals surface area contributed by atoms with Crippen molar-refractivity contribution in [2.45, 2.75) is 6.42 Å². The molecule has 0 amide bonds. The molecule has 7 heteroatoms. The fourth-order valence-corrected chi connectivity index (χ4v) is 2.64. The number of hydrogen-bond donors (Lipinski definition) is 1. The molecule has 0 radical (unpaired) electrons. The Morgan fingerprint density at radius 2 is 1.74 bits per heavy atom. The summed E-state index contributed by atoms with van der Waals surface area (Å²) in [6, 6.07) is 19.2. The minimum atomic E-state index is 0.203. The van der Waals surface area contributed by atoms with Gasteiger partial charge in [0.25, 0.3) is 5.89 Å². The molecule has 2 N–H and O–H groups in total. The van der Waals surface area contributed by atoms with Crippen LogP contribution >= 0.6 is 0 Å². The first kappa shape index (κ1) is 16.4. The highest BCUT2D eigenvalue weighted by Crippen LogP contribution is 2.28. The van der Waals surface area contributed by atoms with Gasteiger partial charge in [-0.2, -0.15) is 5.26 Å². The third kappa shape index (κ3) is 3.37. The van der Waals surface area contributed by atoms with Gasteiger partial charge in [-0.1, -0.05) is 36.4 Å². The van der Waals surface area contributed by atoms with Crippen molar-refractivity contribution in [1.29, 1.82) is 5.26 Å². The average molecular weight is 354 g/mol. The normalized spacial score (nSPS) is 10.5. The summed E-state index contributed by atoms with van der Waals surface area (Å²) in [5.41, 5.74) is 9.46. The third-order valence-electron chi connectivity index (χ3n) is 3.96. The van der Waals surface area contributed by atoms with Crippen molar-refractivity contribution in [2.24, 2.45) is 0 Å². The van der Waals surface area contributed by atoms with Gasteiger partial charge in [-0.15, -0.1) is 10.2 Å². The zero-order valence-corrected chi connectivity index (χ0v) is 14.2. The summed E-state index contributed by atoms with van der Waals surface area (Å²) in [5.74, 6) is 0.789. The molecule has 0 spiro atoms. The zero-order valence-electron chi connectivity index (χ0n) is 14.2. The summed E-state index contributed by atoms with van der Waals surface area (Å²) in [6.45, 7) is 0. The SMILES string of the molecule is N#CCc1cccc(-c2cnc(N)c(-c3nnc(-c4ccccc4)o3)n2)c1. The molecule has 27 heavy (non-hydrogen) atoms. The summed E-state index contributed by atoms with van der Waals surface area (Å²) in [5, 5.41) is 17.0. The van der Waals surface area contributed by atoms with Crippen LogP contribution in [-0.4, -0.2) is 20.2 Å². The summed E-state index contributed by atoms with van der Waals surface area (Å²) in [4.78, 5) is 8.77. The molecule has 2 aromatic carbocycles. The van der Waals surface area contributed by atoms with Gasteiger partial charge in [0.1, 0.15) is 0 Å². The van der Waals surface area contributed by atoms with E-state index in [0.717, 1.165) is 16.7 Å². The second kappa shape index (κ2) is 7.06. The molecule has 0 saturated heterocycles. The quantitative estimate of drug-likeness (QED) is 0.596. The largest absolute Gasteiger partial charge is 0.414 e. The van der Waals surface area contributed by atoms with E-state index in [2.05, 4.69) is 26.2 Å². The lowest BCUT2D eigenvalue weighted by Crippen LogP contribution is -1.99. The number of nitrogens with zero attached hydrogens (tertiary/aromatic N) is 5. The van der Waals surface area contributed by atoms with Crippen LogP contribution in [0.4, 0.5) is 5.82 Å². The Morgan fingerprint density at radius 3 is 2.56 bits per heavy atom. The molecule has 0 saturated carbocycles. The molecule has 0 atom stereocenters. The van der Waals surface area contributed by atoms with Gasteiger partial charge in [-0.05, 0) is 23.8 Å². The maximum absolute atomic E-state index is 8.88. The van der Waals surface area contributed by atoms with Crippen LogP contribution in [-0.2, 0) is 6.42 Å². The van der Waals surface area contributed by atoms with E-state index in [-0.39, 0.29) is 11.7 Å². The molecule has 0 bridgehead atoms. The smallest absolute Gasteiger partial charge is 0.270 e. The predicted molar refractivity (Wildman–Crippen MR) is 99.9 cm³/mol. The second-order valence-corrected chi connectivity index (χ2v) is 5.80. The monoisotopic (exact) mass is 354 g/mol. The van der Waals surface area contributed by atoms with E-state index in [0.29, 0.717) is 23.7 Å². The van der Waals surface area contributed by atoms with Crippen molar-refractivity contribution in [3.05, 3.63) is 66.4 Å². The minimum Gasteiger partial charge on any atom is -0.414 e. The molecule has 4 rings (SSSR count). The fraction of sp³-hybridized carbons (Fsp3) is 0.0500. The lowest BCUT2D eigenvalue weighted by atomic mass is 10.1. The number of rotatable bonds is 4. The highest BCUT2D eigenvalue weighted by Gasteiger charge is 2.16. The van der Waals surface area contributed by atoms with Crippen molar-refractivity contribution in [3.63, 3.8) is 0 Å². The summed E-state index contributed by atoms with van der Waals surface area (Å²) >= 11 is 0. The number of anilines is 1. The second-order valence-electron chi connectivity index (χ2n) is 5.80. The molecule has 2 heterocycles. The van der Waals surface area contributed by atoms with Gasteiger partial charge in [-0.3, -0.25) is 0 Å². The van der Waals surface area contributed by atoms with Gasteiger partial charge in [0.15, 0.2) is 11.5 Å². The Balaban J connectivity index is 1.73. The van der Waals surface area contributed by atoms with Crippen molar-refractivity contribution >= 4 is 5.82 Å². The summed E-state index contributed by atoms with van der Waals surface area (Å²) in [6.07, 6.45) is 1.91. The fourth-order valence-electron chi connectivity index (χ4n) is 2.64. The van der Waals surface area contributed by atoms with Gasteiger partial charge in [0.2, 0.25) is 5.89 Å². The Bertz CT molecular complexity index is 1130. The van der Waals surface area contributed by atoms with Gasteiger partial charge >= 0.3 is 0 Å². The van der Waals surface area contributed by atoms with Crippen molar-refractivity contribution < 1.29 is 4.42 Å². The molecule has 0 aliphatic rings. The van der Waals surface area contributed by atoms with Gasteiger partial charge < -0.3 is 10.2 Å². The Morgan fingerprint density at radius 1 is 0.963 bits per heavy atom. The molecule has 0 unspecified atom stereocenters. The lowest BCUT2D eigenvalue weighted by molar-refractivity contribution is 0.582. The average Bonchev–Trinajstić information content (AvgIpc) is 3.19. The first-order valence-corrected chi connectivity index (χ1v) is 8.22. The molecule has 0 aliphatic heterocycles. The molecule has 2 aromatic heterocycles. The Hall–Kier alpha value is -4.05. The van der Waals surface area contributed by atoms with Crippen LogP contribution in [0.1, 0.15) is 5.56 Å². The number of nitrogens with two attached hydrogens (primary N) is 1. The molecule has 0 fully saturated rings. The minimum absolute atomic E-state index is 0.203. The number of benzene rings is 2. The molecule has 0 aliphatic carbocycles. The first-order chi connectivity index (χ1) is 13.2. The van der Waals surface area contributed by atoms with Crippen LogP contribution in [0.3, 0.4) is 0 Å². The number of nitriles is 1. The van der Waals surface area contributed by atoms with Crippen LogP contribution in [0.15, 0.2) is 65.2 Å². The molecular formula is C20H14N6O. The van der Waals surface area contributed by atoms with E-state index < -0.39 is 0 Å². The maximum Gasteiger partial charge on any atom is 0.270 e. The standard InChI is InChI=1S/C20H14N6O/c21-10-9-13-5-4-8-15(11-13)16-12-23-18(22)17(24-16)20-26-25-19(27-20)14-6-2-1-3-7-14/h1-8,11-12H,9H2,(H2,22,23). The van der Waals surface area contributed by atoms with E-state index in [4.69, 9.17) is 15.4 Å². The Labute approximate surface area is 155 Å². The van der Waals surface area contributed by atoms with Crippen LogP contribution in [0, 0.1) is 11.3 Å². The van der Waals surface area contributed by atoms with E-state index in [1.807, 2.05) is 54.6 Å². The number of aromatic nitrogens is 4. The highest BCUT2D eigenvalue weighted by molar-refractivity contribution is 5.69. The molecule has 130 valence electrons. The van der Waals surface area contributed by atoms with Crippen LogP contribution in [0.2, 0.25) is 0 Å². The Kier molecular flexibility index (Phi) is 4.29. The van der Waals surface area contributed by atoms with Crippen molar-refractivity contribution in [1.82, 2.24) is 20.2 Å². The van der Waals surface area contributed by atoms with Crippen LogP contribution < -0.4 is 5.73 Å².